The maximum absolute atomic E-state index is 11.6. The predicted octanol–water partition coefficient (Wildman–Crippen LogP) is -0.719. The van der Waals surface area contributed by atoms with Crippen molar-refractivity contribution in [2.75, 3.05) is 32.7 Å². The summed E-state index contributed by atoms with van der Waals surface area (Å²) in [6.45, 7) is 6.76. The van der Waals surface area contributed by atoms with Gasteiger partial charge in [0.1, 0.15) is 0 Å². The molecule has 3 N–H and O–H groups in total. The van der Waals surface area contributed by atoms with E-state index >= 15 is 0 Å². The van der Waals surface area contributed by atoms with Gasteiger partial charge in [-0.05, 0) is 6.54 Å². The molecule has 0 aromatic carbocycles. The molecule has 0 aliphatic rings. The summed E-state index contributed by atoms with van der Waals surface area (Å²) in [5.41, 5.74) is 0. The SMILES string of the molecule is CCN(CC(=O)NCCNC(C)=O)CC(C)C(=O)O. The second kappa shape index (κ2) is 9.32. The lowest BCUT2D eigenvalue weighted by molar-refractivity contribution is -0.142. The highest BCUT2D eigenvalue weighted by atomic mass is 16.4. The molecule has 110 valence electrons. The summed E-state index contributed by atoms with van der Waals surface area (Å²) in [5.74, 6) is -1.69. The number of carboxylic acids is 1. The molecule has 7 nitrogen and oxygen atoms in total. The molecular weight excluding hydrogens is 250 g/mol. The highest BCUT2D eigenvalue weighted by Gasteiger charge is 2.16. The predicted molar refractivity (Wildman–Crippen MR) is 70.6 cm³/mol. The second-order valence-electron chi connectivity index (χ2n) is 4.40. The van der Waals surface area contributed by atoms with E-state index in [4.69, 9.17) is 5.11 Å². The van der Waals surface area contributed by atoms with Gasteiger partial charge in [0.2, 0.25) is 11.8 Å². The summed E-state index contributed by atoms with van der Waals surface area (Å²) >= 11 is 0. The Hall–Kier alpha value is -1.63. The Morgan fingerprint density at radius 1 is 1.21 bits per heavy atom. The van der Waals surface area contributed by atoms with Crippen LogP contribution in [0.4, 0.5) is 0 Å². The molecule has 1 unspecified atom stereocenters. The van der Waals surface area contributed by atoms with Crippen molar-refractivity contribution in [1.29, 1.82) is 0 Å². The second-order valence-corrected chi connectivity index (χ2v) is 4.40. The van der Waals surface area contributed by atoms with Crippen molar-refractivity contribution in [3.05, 3.63) is 0 Å². The van der Waals surface area contributed by atoms with Gasteiger partial charge in [-0.3, -0.25) is 19.3 Å². The van der Waals surface area contributed by atoms with Crippen LogP contribution in [0.15, 0.2) is 0 Å². The van der Waals surface area contributed by atoms with Crippen LogP contribution in [0.1, 0.15) is 20.8 Å². The van der Waals surface area contributed by atoms with Crippen LogP contribution in [0, 0.1) is 5.92 Å². The number of carbonyl (C=O) groups is 3. The number of nitrogens with zero attached hydrogens (tertiary/aromatic N) is 1. The molecule has 0 saturated heterocycles. The van der Waals surface area contributed by atoms with Gasteiger partial charge in [-0.15, -0.1) is 0 Å². The Bertz CT molecular complexity index is 320. The molecule has 0 aliphatic carbocycles. The Morgan fingerprint density at radius 3 is 2.26 bits per heavy atom. The lowest BCUT2D eigenvalue weighted by atomic mass is 10.1. The third-order valence-electron chi connectivity index (χ3n) is 2.59. The zero-order valence-corrected chi connectivity index (χ0v) is 11.7. The smallest absolute Gasteiger partial charge is 0.307 e. The molecule has 7 heteroatoms. The van der Waals surface area contributed by atoms with E-state index < -0.39 is 11.9 Å². The maximum atomic E-state index is 11.6. The van der Waals surface area contributed by atoms with Crippen LogP contribution in [-0.4, -0.2) is 60.5 Å². The molecule has 0 bridgehead atoms. The van der Waals surface area contributed by atoms with Gasteiger partial charge in [0, 0.05) is 26.6 Å². The summed E-state index contributed by atoms with van der Waals surface area (Å²) in [6, 6.07) is 0. The van der Waals surface area contributed by atoms with E-state index in [0.717, 1.165) is 0 Å². The molecule has 0 heterocycles. The average molecular weight is 273 g/mol. The van der Waals surface area contributed by atoms with E-state index in [1.54, 1.807) is 11.8 Å². The van der Waals surface area contributed by atoms with E-state index in [-0.39, 0.29) is 18.4 Å². The Balaban J connectivity index is 3.93. The lowest BCUT2D eigenvalue weighted by Crippen LogP contribution is -2.42. The summed E-state index contributed by atoms with van der Waals surface area (Å²) in [6.07, 6.45) is 0. The fourth-order valence-corrected chi connectivity index (χ4v) is 1.47. The van der Waals surface area contributed by atoms with Gasteiger partial charge in [-0.1, -0.05) is 13.8 Å². The first-order valence-electron chi connectivity index (χ1n) is 6.33. The van der Waals surface area contributed by atoms with Crippen molar-refractivity contribution in [2.24, 2.45) is 5.92 Å². The number of likely N-dealkylation sites (N-methyl/N-ethyl adjacent to an activating group) is 1. The first kappa shape index (κ1) is 17.4. The normalized spacial score (nSPS) is 12.0. The zero-order chi connectivity index (χ0) is 14.8. The van der Waals surface area contributed by atoms with E-state index in [0.29, 0.717) is 26.2 Å². The standard InChI is InChI=1S/C12H23N3O4/c1-4-15(7-9(2)12(18)19)8-11(17)14-6-5-13-10(3)16/h9H,4-8H2,1-3H3,(H,13,16)(H,14,17)(H,18,19). The van der Waals surface area contributed by atoms with Crippen LogP contribution in [0.5, 0.6) is 0 Å². The number of aliphatic carboxylic acids is 1. The van der Waals surface area contributed by atoms with Crippen molar-refractivity contribution in [2.45, 2.75) is 20.8 Å². The molecule has 0 aromatic heterocycles. The van der Waals surface area contributed by atoms with Crippen LogP contribution in [0.3, 0.4) is 0 Å². The minimum atomic E-state index is -0.871. The minimum Gasteiger partial charge on any atom is -0.481 e. The highest BCUT2D eigenvalue weighted by molar-refractivity contribution is 5.78. The molecule has 0 aliphatic heterocycles. The number of hydrogen-bond acceptors (Lipinski definition) is 4. The number of carbonyl (C=O) groups excluding carboxylic acids is 2. The topological polar surface area (TPSA) is 98.7 Å². The van der Waals surface area contributed by atoms with E-state index in [9.17, 15) is 14.4 Å². The van der Waals surface area contributed by atoms with Crippen molar-refractivity contribution >= 4 is 17.8 Å². The van der Waals surface area contributed by atoms with Gasteiger partial charge in [0.05, 0.1) is 12.5 Å². The molecule has 0 radical (unpaired) electrons. The molecule has 1 atom stereocenters. The van der Waals surface area contributed by atoms with Crippen molar-refractivity contribution < 1.29 is 19.5 Å². The van der Waals surface area contributed by atoms with Crippen LogP contribution in [0.25, 0.3) is 0 Å². The van der Waals surface area contributed by atoms with Crippen LogP contribution < -0.4 is 10.6 Å². The lowest BCUT2D eigenvalue weighted by Gasteiger charge is -2.21. The number of carboxylic acid groups (broad SMARTS) is 1. The monoisotopic (exact) mass is 273 g/mol. The minimum absolute atomic E-state index is 0.139. The third-order valence-corrected chi connectivity index (χ3v) is 2.59. The van der Waals surface area contributed by atoms with Gasteiger partial charge >= 0.3 is 5.97 Å². The molecule has 19 heavy (non-hydrogen) atoms. The maximum Gasteiger partial charge on any atom is 0.307 e. The number of amides is 2. The largest absolute Gasteiger partial charge is 0.481 e. The van der Waals surface area contributed by atoms with Crippen LogP contribution in [-0.2, 0) is 14.4 Å². The summed E-state index contributed by atoms with van der Waals surface area (Å²) in [5, 5.41) is 14.1. The molecule has 0 rings (SSSR count). The number of nitrogens with one attached hydrogen (secondary N) is 2. The first-order valence-corrected chi connectivity index (χ1v) is 6.33. The fraction of sp³-hybridized carbons (Fsp3) is 0.750. The van der Waals surface area contributed by atoms with Crippen molar-refractivity contribution in [3.63, 3.8) is 0 Å². The van der Waals surface area contributed by atoms with Gasteiger partial charge in [-0.2, -0.15) is 0 Å². The Morgan fingerprint density at radius 2 is 1.79 bits per heavy atom. The first-order chi connectivity index (χ1) is 8.86. The van der Waals surface area contributed by atoms with Crippen molar-refractivity contribution in [3.8, 4) is 0 Å². The van der Waals surface area contributed by atoms with Crippen LogP contribution >= 0.6 is 0 Å². The summed E-state index contributed by atoms with van der Waals surface area (Å²) in [4.78, 5) is 34.7. The molecule has 2 amide bonds. The summed E-state index contributed by atoms with van der Waals surface area (Å²) < 4.78 is 0. The highest BCUT2D eigenvalue weighted by Crippen LogP contribution is 1.99. The van der Waals surface area contributed by atoms with E-state index in [2.05, 4.69) is 10.6 Å². The number of hydrogen-bond donors (Lipinski definition) is 3. The van der Waals surface area contributed by atoms with Gasteiger partial charge in [0.15, 0.2) is 0 Å². The molecule has 0 aromatic rings. The van der Waals surface area contributed by atoms with Gasteiger partial charge in [-0.25, -0.2) is 0 Å². The molecule has 0 fully saturated rings. The average Bonchev–Trinajstić information content (AvgIpc) is 2.33. The Kier molecular flexibility index (Phi) is 8.52. The quantitative estimate of drug-likeness (QED) is 0.482. The molecule has 0 saturated carbocycles. The van der Waals surface area contributed by atoms with Gasteiger partial charge in [0.25, 0.3) is 0 Å². The summed E-state index contributed by atoms with van der Waals surface area (Å²) in [7, 11) is 0. The molecular formula is C12H23N3O4. The van der Waals surface area contributed by atoms with Crippen LogP contribution in [0.2, 0.25) is 0 Å². The van der Waals surface area contributed by atoms with E-state index in [1.807, 2.05) is 6.92 Å². The number of rotatable bonds is 9. The third kappa shape index (κ3) is 9.01. The van der Waals surface area contributed by atoms with Crippen molar-refractivity contribution in [1.82, 2.24) is 15.5 Å². The zero-order valence-electron chi connectivity index (χ0n) is 11.7. The van der Waals surface area contributed by atoms with E-state index in [1.165, 1.54) is 6.92 Å². The fourth-order valence-electron chi connectivity index (χ4n) is 1.47. The van der Waals surface area contributed by atoms with Gasteiger partial charge < -0.3 is 15.7 Å². The molecule has 0 spiro atoms. The Labute approximate surface area is 113 Å².